The number of rotatable bonds is 8. The van der Waals surface area contributed by atoms with E-state index in [0.29, 0.717) is 11.5 Å². The fraction of sp³-hybridized carbons (Fsp3) is 1.00. The molecule has 2 rings (SSSR count). The van der Waals surface area contributed by atoms with Crippen molar-refractivity contribution in [2.24, 2.45) is 5.41 Å². The van der Waals surface area contributed by atoms with E-state index < -0.39 is 0 Å². The lowest BCUT2D eigenvalue weighted by atomic mass is 9.86. The third kappa shape index (κ3) is 3.69. The molecule has 2 fully saturated rings. The Morgan fingerprint density at radius 2 is 2.17 bits per heavy atom. The first-order valence-electron chi connectivity index (χ1n) is 7.74. The van der Waals surface area contributed by atoms with Gasteiger partial charge in [-0.25, -0.2) is 0 Å². The number of ether oxygens (including phenoxy) is 1. The number of hydrogen-bond acceptors (Lipinski definition) is 3. The molecule has 0 aromatic heterocycles. The van der Waals surface area contributed by atoms with Crippen LogP contribution in [0, 0.1) is 5.41 Å². The molecule has 1 aliphatic carbocycles. The number of hydrogen-bond donors (Lipinski definition) is 1. The fourth-order valence-corrected chi connectivity index (χ4v) is 2.89. The molecule has 0 radical (unpaired) electrons. The second kappa shape index (κ2) is 6.36. The van der Waals surface area contributed by atoms with Crippen LogP contribution in [0.4, 0.5) is 0 Å². The topological polar surface area (TPSA) is 24.5 Å². The molecule has 18 heavy (non-hydrogen) atoms. The normalized spacial score (nSPS) is 30.0. The lowest BCUT2D eigenvalue weighted by Crippen LogP contribution is -2.47. The zero-order valence-corrected chi connectivity index (χ0v) is 12.4. The Balaban J connectivity index is 1.90. The maximum absolute atomic E-state index is 5.71. The first-order chi connectivity index (χ1) is 8.69. The van der Waals surface area contributed by atoms with Gasteiger partial charge in [-0.15, -0.1) is 0 Å². The number of nitrogens with zero attached hydrogens (tertiary/aromatic N) is 1. The van der Waals surface area contributed by atoms with E-state index in [1.807, 2.05) is 0 Å². The largest absolute Gasteiger partial charge is 0.381 e. The standard InChI is InChI=1S/C15H30N2O/c1-4-13(3)17(5-2)11-15(8-9-18-12-15)10-16-14-6-7-14/h13-14,16H,4-12H2,1-3H3. The zero-order valence-electron chi connectivity index (χ0n) is 12.4. The summed E-state index contributed by atoms with van der Waals surface area (Å²) < 4.78 is 5.71. The van der Waals surface area contributed by atoms with E-state index in [1.54, 1.807) is 0 Å². The van der Waals surface area contributed by atoms with Gasteiger partial charge in [0.1, 0.15) is 0 Å². The van der Waals surface area contributed by atoms with Gasteiger partial charge in [-0.1, -0.05) is 13.8 Å². The van der Waals surface area contributed by atoms with Crippen LogP contribution in [-0.2, 0) is 4.74 Å². The number of nitrogens with one attached hydrogen (secondary N) is 1. The van der Waals surface area contributed by atoms with Gasteiger partial charge in [-0.2, -0.15) is 0 Å². The molecule has 106 valence electrons. The van der Waals surface area contributed by atoms with Crippen LogP contribution in [0.3, 0.4) is 0 Å². The van der Waals surface area contributed by atoms with Crippen LogP contribution in [0.25, 0.3) is 0 Å². The molecule has 0 spiro atoms. The van der Waals surface area contributed by atoms with Crippen LogP contribution in [0.5, 0.6) is 0 Å². The van der Waals surface area contributed by atoms with Crippen LogP contribution < -0.4 is 5.32 Å². The molecule has 3 heteroatoms. The molecule has 1 heterocycles. The molecule has 3 nitrogen and oxygen atoms in total. The Bertz CT molecular complexity index is 247. The Kier molecular flexibility index (Phi) is 5.05. The molecule has 2 atom stereocenters. The van der Waals surface area contributed by atoms with Crippen molar-refractivity contribution in [2.45, 2.75) is 58.5 Å². The van der Waals surface area contributed by atoms with Crippen LogP contribution in [0.1, 0.15) is 46.5 Å². The first kappa shape index (κ1) is 14.3. The summed E-state index contributed by atoms with van der Waals surface area (Å²) in [5.41, 5.74) is 0.363. The van der Waals surface area contributed by atoms with Gasteiger partial charge in [-0.05, 0) is 39.2 Å². The molecule has 2 aliphatic rings. The van der Waals surface area contributed by atoms with Crippen molar-refractivity contribution in [1.82, 2.24) is 10.2 Å². The maximum atomic E-state index is 5.71. The van der Waals surface area contributed by atoms with Crippen LogP contribution in [-0.4, -0.2) is 49.8 Å². The van der Waals surface area contributed by atoms with Gasteiger partial charge in [0.15, 0.2) is 0 Å². The zero-order chi connectivity index (χ0) is 13.0. The Hall–Kier alpha value is -0.120. The average Bonchev–Trinajstić information content (AvgIpc) is 3.12. The second-order valence-corrected chi connectivity index (χ2v) is 6.28. The first-order valence-corrected chi connectivity index (χ1v) is 7.74. The molecule has 0 aromatic rings. The highest BCUT2D eigenvalue weighted by Gasteiger charge is 2.38. The smallest absolute Gasteiger partial charge is 0.0547 e. The van der Waals surface area contributed by atoms with Crippen LogP contribution in [0.15, 0.2) is 0 Å². The minimum Gasteiger partial charge on any atom is -0.381 e. The maximum Gasteiger partial charge on any atom is 0.0547 e. The third-order valence-electron chi connectivity index (χ3n) is 4.69. The summed E-state index contributed by atoms with van der Waals surface area (Å²) in [4.78, 5) is 2.63. The predicted molar refractivity (Wildman–Crippen MR) is 75.9 cm³/mol. The Morgan fingerprint density at radius 1 is 1.39 bits per heavy atom. The lowest BCUT2D eigenvalue weighted by Gasteiger charge is -2.37. The predicted octanol–water partition coefficient (Wildman–Crippen LogP) is 2.27. The molecule has 1 saturated heterocycles. The minimum atomic E-state index is 0.363. The van der Waals surface area contributed by atoms with Gasteiger partial charge in [-0.3, -0.25) is 0 Å². The van der Waals surface area contributed by atoms with Crippen molar-refractivity contribution >= 4 is 0 Å². The highest BCUT2D eigenvalue weighted by molar-refractivity contribution is 4.92. The van der Waals surface area contributed by atoms with E-state index >= 15 is 0 Å². The lowest BCUT2D eigenvalue weighted by molar-refractivity contribution is 0.0907. The summed E-state index contributed by atoms with van der Waals surface area (Å²) in [6.45, 7) is 12.3. The Morgan fingerprint density at radius 3 is 2.67 bits per heavy atom. The van der Waals surface area contributed by atoms with Gasteiger partial charge in [0.05, 0.1) is 6.61 Å². The van der Waals surface area contributed by atoms with Gasteiger partial charge in [0.2, 0.25) is 0 Å². The van der Waals surface area contributed by atoms with Crippen LogP contribution in [0.2, 0.25) is 0 Å². The van der Waals surface area contributed by atoms with Crippen molar-refractivity contribution in [3.63, 3.8) is 0 Å². The van der Waals surface area contributed by atoms with Crippen molar-refractivity contribution < 1.29 is 4.74 Å². The molecule has 1 N–H and O–H groups in total. The molecule has 2 unspecified atom stereocenters. The molecule has 0 bridgehead atoms. The van der Waals surface area contributed by atoms with Gasteiger partial charge in [0, 0.05) is 37.2 Å². The SMILES string of the molecule is CCC(C)N(CC)CC1(CNC2CC2)CCOC1. The molecule has 1 saturated carbocycles. The molecule has 0 amide bonds. The van der Waals surface area contributed by atoms with E-state index in [4.69, 9.17) is 4.74 Å². The molecular weight excluding hydrogens is 224 g/mol. The molecule has 0 aromatic carbocycles. The van der Waals surface area contributed by atoms with Crippen molar-refractivity contribution in [2.75, 3.05) is 32.8 Å². The molecule has 1 aliphatic heterocycles. The minimum absolute atomic E-state index is 0.363. The van der Waals surface area contributed by atoms with Gasteiger partial charge >= 0.3 is 0 Å². The van der Waals surface area contributed by atoms with Gasteiger partial charge < -0.3 is 15.0 Å². The molecular formula is C15H30N2O. The van der Waals surface area contributed by atoms with E-state index in [1.165, 1.54) is 32.2 Å². The van der Waals surface area contributed by atoms with E-state index in [-0.39, 0.29) is 0 Å². The quantitative estimate of drug-likeness (QED) is 0.719. The summed E-state index contributed by atoms with van der Waals surface area (Å²) >= 11 is 0. The van der Waals surface area contributed by atoms with Crippen molar-refractivity contribution in [3.05, 3.63) is 0 Å². The van der Waals surface area contributed by atoms with Crippen LogP contribution >= 0.6 is 0 Å². The van der Waals surface area contributed by atoms with E-state index in [9.17, 15) is 0 Å². The summed E-state index contributed by atoms with van der Waals surface area (Å²) in [7, 11) is 0. The van der Waals surface area contributed by atoms with Gasteiger partial charge in [0.25, 0.3) is 0 Å². The Labute approximate surface area is 112 Å². The van der Waals surface area contributed by atoms with Crippen molar-refractivity contribution in [3.8, 4) is 0 Å². The summed E-state index contributed by atoms with van der Waals surface area (Å²) in [6, 6.07) is 1.49. The average molecular weight is 254 g/mol. The highest BCUT2D eigenvalue weighted by Crippen LogP contribution is 2.31. The summed E-state index contributed by atoms with van der Waals surface area (Å²) in [5, 5.41) is 3.72. The third-order valence-corrected chi connectivity index (χ3v) is 4.69. The highest BCUT2D eigenvalue weighted by atomic mass is 16.5. The second-order valence-electron chi connectivity index (χ2n) is 6.28. The summed E-state index contributed by atoms with van der Waals surface area (Å²) in [6.07, 6.45) is 5.21. The monoisotopic (exact) mass is 254 g/mol. The fourth-order valence-electron chi connectivity index (χ4n) is 2.89. The van der Waals surface area contributed by atoms with E-state index in [2.05, 4.69) is 31.0 Å². The summed E-state index contributed by atoms with van der Waals surface area (Å²) in [5.74, 6) is 0. The van der Waals surface area contributed by atoms with Crippen molar-refractivity contribution in [1.29, 1.82) is 0 Å². The van der Waals surface area contributed by atoms with E-state index in [0.717, 1.165) is 32.3 Å².